The van der Waals surface area contributed by atoms with E-state index < -0.39 is 17.5 Å². The predicted molar refractivity (Wildman–Crippen MR) is 49.3 cm³/mol. The molecule has 3 N–H and O–H groups in total. The largest absolute Gasteiger partial charge is 0.504 e. The lowest BCUT2D eigenvalue weighted by Crippen LogP contribution is -2.13. The zero-order valence-electron chi connectivity index (χ0n) is 5.84. The van der Waals surface area contributed by atoms with Gasteiger partial charge in [0, 0.05) is 0 Å². The fraction of sp³-hybridized carbons (Fsp3) is 0. The van der Waals surface area contributed by atoms with E-state index in [1.807, 2.05) is 0 Å². The van der Waals surface area contributed by atoms with Crippen LogP contribution in [-0.4, -0.2) is 11.0 Å². The first-order valence-corrected chi connectivity index (χ1v) is 4.08. The highest BCUT2D eigenvalue weighted by atomic mass is 127. The minimum atomic E-state index is -0.964. The molecular formula is C7H5FINO2. The van der Waals surface area contributed by atoms with Crippen molar-refractivity contribution in [3.05, 3.63) is 27.1 Å². The van der Waals surface area contributed by atoms with E-state index in [1.165, 1.54) is 12.1 Å². The van der Waals surface area contributed by atoms with Crippen molar-refractivity contribution in [2.24, 2.45) is 5.73 Å². The number of primary amides is 1. The molecule has 0 saturated heterocycles. The van der Waals surface area contributed by atoms with Crippen molar-refractivity contribution in [1.29, 1.82) is 0 Å². The first-order chi connectivity index (χ1) is 5.54. The molecule has 0 aromatic heterocycles. The lowest BCUT2D eigenvalue weighted by atomic mass is 10.2. The number of phenolic OH excluding ortho intramolecular Hbond substituents is 1. The molecule has 0 aliphatic carbocycles. The Balaban J connectivity index is 3.36. The van der Waals surface area contributed by atoms with E-state index in [-0.39, 0.29) is 5.56 Å². The number of nitrogens with two attached hydrogens (primary N) is 1. The molecule has 64 valence electrons. The lowest BCUT2D eigenvalue weighted by molar-refractivity contribution is 0.0995. The van der Waals surface area contributed by atoms with Crippen LogP contribution in [0, 0.1) is 9.39 Å². The highest BCUT2D eigenvalue weighted by Crippen LogP contribution is 2.25. The van der Waals surface area contributed by atoms with Gasteiger partial charge < -0.3 is 10.8 Å². The van der Waals surface area contributed by atoms with Gasteiger partial charge in [0.1, 0.15) is 0 Å². The monoisotopic (exact) mass is 281 g/mol. The van der Waals surface area contributed by atoms with Crippen molar-refractivity contribution in [2.45, 2.75) is 0 Å². The zero-order chi connectivity index (χ0) is 9.30. The average molecular weight is 281 g/mol. The fourth-order valence-electron chi connectivity index (χ4n) is 0.731. The van der Waals surface area contributed by atoms with Crippen LogP contribution in [0.4, 0.5) is 4.39 Å². The second-order valence-corrected chi connectivity index (χ2v) is 3.28. The van der Waals surface area contributed by atoms with Crippen LogP contribution < -0.4 is 5.73 Å². The Morgan fingerprint density at radius 1 is 1.58 bits per heavy atom. The highest BCUT2D eigenvalue weighted by Gasteiger charge is 2.14. The van der Waals surface area contributed by atoms with E-state index in [1.54, 1.807) is 22.6 Å². The second-order valence-electron chi connectivity index (χ2n) is 2.12. The molecule has 0 fully saturated rings. The third-order valence-corrected chi connectivity index (χ3v) is 2.20. The molecule has 0 bridgehead atoms. The molecule has 1 amide bonds. The molecule has 0 radical (unpaired) electrons. The Morgan fingerprint density at radius 2 is 2.17 bits per heavy atom. The van der Waals surface area contributed by atoms with Gasteiger partial charge in [0.25, 0.3) is 5.91 Å². The van der Waals surface area contributed by atoms with Crippen molar-refractivity contribution in [3.63, 3.8) is 0 Å². The smallest absolute Gasteiger partial charge is 0.251 e. The van der Waals surface area contributed by atoms with Crippen LogP contribution in [0.1, 0.15) is 10.4 Å². The maximum Gasteiger partial charge on any atom is 0.251 e. The van der Waals surface area contributed by atoms with Crippen LogP contribution in [0.5, 0.6) is 5.75 Å². The summed E-state index contributed by atoms with van der Waals surface area (Å²) in [6.45, 7) is 0. The molecule has 5 heteroatoms. The molecule has 0 atom stereocenters. The van der Waals surface area contributed by atoms with Crippen molar-refractivity contribution in [3.8, 4) is 5.75 Å². The Kier molecular flexibility index (Phi) is 2.51. The Morgan fingerprint density at radius 3 is 2.67 bits per heavy atom. The number of hydrogen-bond donors (Lipinski definition) is 2. The van der Waals surface area contributed by atoms with E-state index >= 15 is 0 Å². The second kappa shape index (κ2) is 3.26. The number of aromatic hydroxyl groups is 1. The van der Waals surface area contributed by atoms with Crippen LogP contribution in [0.2, 0.25) is 0 Å². The third kappa shape index (κ3) is 1.50. The Bertz CT molecular complexity index is 340. The van der Waals surface area contributed by atoms with Crippen LogP contribution in [0.3, 0.4) is 0 Å². The average Bonchev–Trinajstić information content (AvgIpc) is 2.00. The number of amides is 1. The highest BCUT2D eigenvalue weighted by molar-refractivity contribution is 14.1. The first-order valence-electron chi connectivity index (χ1n) is 3.01. The summed E-state index contributed by atoms with van der Waals surface area (Å²) in [7, 11) is 0. The van der Waals surface area contributed by atoms with E-state index in [0.717, 1.165) is 0 Å². The number of carbonyl (C=O) groups is 1. The summed E-state index contributed by atoms with van der Waals surface area (Å²) in [4.78, 5) is 10.6. The number of hydrogen-bond acceptors (Lipinski definition) is 2. The number of halogens is 2. The first kappa shape index (κ1) is 9.24. The van der Waals surface area contributed by atoms with Gasteiger partial charge in [-0.3, -0.25) is 4.79 Å². The normalized spacial score (nSPS) is 9.83. The summed E-state index contributed by atoms with van der Waals surface area (Å²) >= 11 is 1.75. The number of carbonyl (C=O) groups excluding carboxylic acids is 1. The van der Waals surface area contributed by atoms with E-state index in [2.05, 4.69) is 0 Å². The molecule has 1 aromatic rings. The molecular weight excluding hydrogens is 276 g/mol. The summed E-state index contributed by atoms with van der Waals surface area (Å²) in [5.74, 6) is -2.39. The molecule has 1 rings (SSSR count). The zero-order valence-corrected chi connectivity index (χ0v) is 8.00. The van der Waals surface area contributed by atoms with E-state index in [0.29, 0.717) is 3.57 Å². The maximum absolute atomic E-state index is 13.0. The quantitative estimate of drug-likeness (QED) is 0.760. The minimum absolute atomic E-state index is 0.298. The number of rotatable bonds is 1. The number of phenols is 1. The van der Waals surface area contributed by atoms with Crippen LogP contribution >= 0.6 is 22.6 Å². The molecule has 3 nitrogen and oxygen atoms in total. The van der Waals surface area contributed by atoms with Crippen molar-refractivity contribution < 1.29 is 14.3 Å². The summed E-state index contributed by atoms with van der Waals surface area (Å²) in [6.07, 6.45) is 0. The standard InChI is InChI=1S/C7H5FINO2/c8-5-3(7(10)12)1-2-4(9)6(5)11/h1-2,11H,(H2,10,12). The van der Waals surface area contributed by atoms with Crippen molar-refractivity contribution >= 4 is 28.5 Å². The molecule has 12 heavy (non-hydrogen) atoms. The van der Waals surface area contributed by atoms with Gasteiger partial charge in [-0.05, 0) is 34.7 Å². The molecule has 0 heterocycles. The van der Waals surface area contributed by atoms with E-state index in [9.17, 15) is 9.18 Å². The molecule has 0 spiro atoms. The van der Waals surface area contributed by atoms with Gasteiger partial charge in [0.05, 0.1) is 9.13 Å². The SMILES string of the molecule is NC(=O)c1ccc(I)c(O)c1F. The maximum atomic E-state index is 13.0. The van der Waals surface area contributed by atoms with E-state index in [4.69, 9.17) is 10.8 Å². The van der Waals surface area contributed by atoms with Gasteiger partial charge in [-0.25, -0.2) is 4.39 Å². The van der Waals surface area contributed by atoms with Crippen LogP contribution in [0.15, 0.2) is 12.1 Å². The summed E-state index contributed by atoms with van der Waals surface area (Å²) in [5.41, 5.74) is 4.54. The molecule has 0 unspecified atom stereocenters. The van der Waals surface area contributed by atoms with Crippen molar-refractivity contribution in [1.82, 2.24) is 0 Å². The van der Waals surface area contributed by atoms with Gasteiger partial charge in [-0.1, -0.05) is 0 Å². The van der Waals surface area contributed by atoms with Gasteiger partial charge in [0.15, 0.2) is 11.6 Å². The molecule has 1 aromatic carbocycles. The van der Waals surface area contributed by atoms with Crippen molar-refractivity contribution in [2.75, 3.05) is 0 Å². The Labute approximate surface area is 81.5 Å². The summed E-state index contributed by atoms with van der Waals surface area (Å²) < 4.78 is 13.3. The summed E-state index contributed by atoms with van der Waals surface area (Å²) in [5, 5.41) is 9.05. The molecule has 0 aliphatic heterocycles. The Hall–Kier alpha value is -0.850. The van der Waals surface area contributed by atoms with Gasteiger partial charge in [-0.15, -0.1) is 0 Å². The van der Waals surface area contributed by atoms with Crippen LogP contribution in [-0.2, 0) is 0 Å². The van der Waals surface area contributed by atoms with Gasteiger partial charge in [0.2, 0.25) is 0 Å². The fourth-order valence-corrected chi connectivity index (χ4v) is 1.15. The van der Waals surface area contributed by atoms with Gasteiger partial charge >= 0.3 is 0 Å². The molecule has 0 saturated carbocycles. The van der Waals surface area contributed by atoms with Crippen LogP contribution in [0.25, 0.3) is 0 Å². The molecule has 0 aliphatic rings. The predicted octanol–water partition coefficient (Wildman–Crippen LogP) is 1.23. The lowest BCUT2D eigenvalue weighted by Gasteiger charge is -2.01. The minimum Gasteiger partial charge on any atom is -0.504 e. The summed E-state index contributed by atoms with van der Waals surface area (Å²) in [6, 6.07) is 2.65. The number of benzene rings is 1. The van der Waals surface area contributed by atoms with Gasteiger partial charge in [-0.2, -0.15) is 0 Å². The third-order valence-electron chi connectivity index (χ3n) is 1.33. The topological polar surface area (TPSA) is 63.3 Å².